The normalized spacial score (nSPS) is 19.2. The Bertz CT molecular complexity index is 164. The second-order valence-electron chi connectivity index (χ2n) is 3.71. The largest absolute Gasteiger partial charge is 0.331 e. The summed E-state index contributed by atoms with van der Waals surface area (Å²) in [4.78, 5) is 12.9. The van der Waals surface area contributed by atoms with E-state index in [4.69, 9.17) is 5.84 Å². The third kappa shape index (κ3) is 2.88. The molecule has 76 valence electrons. The number of carbonyl (C=O) groups is 1. The van der Waals surface area contributed by atoms with Crippen LogP contribution in [0.25, 0.3) is 0 Å². The second-order valence-corrected chi connectivity index (χ2v) is 3.71. The van der Waals surface area contributed by atoms with Gasteiger partial charge in [0.25, 0.3) is 0 Å². The molecule has 1 rings (SSSR count). The lowest BCUT2D eigenvalue weighted by Gasteiger charge is -2.26. The summed E-state index contributed by atoms with van der Waals surface area (Å²) in [6.45, 7) is 0. The quantitative estimate of drug-likeness (QED) is 0.279. The molecular weight excluding hydrogens is 166 g/mol. The van der Waals surface area contributed by atoms with Crippen molar-refractivity contribution in [2.75, 3.05) is 7.05 Å². The van der Waals surface area contributed by atoms with Gasteiger partial charge in [-0.3, -0.25) is 5.43 Å². The van der Waals surface area contributed by atoms with Gasteiger partial charge in [-0.2, -0.15) is 0 Å². The van der Waals surface area contributed by atoms with Gasteiger partial charge in [0.2, 0.25) is 0 Å². The molecule has 3 N–H and O–H groups in total. The SMILES string of the molecule is CN(C(=O)NN)C1CCCCCC1. The number of hydrogen-bond acceptors (Lipinski definition) is 2. The Morgan fingerprint density at radius 1 is 1.31 bits per heavy atom. The summed E-state index contributed by atoms with van der Waals surface area (Å²) in [5.74, 6) is 5.08. The minimum absolute atomic E-state index is 0.174. The Kier molecular flexibility index (Phi) is 4.02. The van der Waals surface area contributed by atoms with Gasteiger partial charge in [-0.1, -0.05) is 25.7 Å². The van der Waals surface area contributed by atoms with E-state index in [-0.39, 0.29) is 6.03 Å². The fraction of sp³-hybridized carbons (Fsp3) is 0.889. The molecular formula is C9H19N3O. The van der Waals surface area contributed by atoms with Crippen molar-refractivity contribution in [2.45, 2.75) is 44.6 Å². The molecule has 0 aromatic heterocycles. The van der Waals surface area contributed by atoms with E-state index >= 15 is 0 Å². The van der Waals surface area contributed by atoms with Gasteiger partial charge in [-0.05, 0) is 12.8 Å². The van der Waals surface area contributed by atoms with Gasteiger partial charge in [0.1, 0.15) is 0 Å². The van der Waals surface area contributed by atoms with Crippen LogP contribution in [0.4, 0.5) is 4.79 Å². The lowest BCUT2D eigenvalue weighted by molar-refractivity contribution is 0.184. The van der Waals surface area contributed by atoms with E-state index in [9.17, 15) is 4.79 Å². The smallest absolute Gasteiger partial charge is 0.324 e. The highest BCUT2D eigenvalue weighted by Crippen LogP contribution is 2.20. The number of amides is 2. The molecule has 0 saturated heterocycles. The Balaban J connectivity index is 2.43. The summed E-state index contributed by atoms with van der Waals surface area (Å²) >= 11 is 0. The van der Waals surface area contributed by atoms with E-state index in [1.807, 2.05) is 7.05 Å². The molecule has 0 aliphatic heterocycles. The number of hydrogen-bond donors (Lipinski definition) is 2. The van der Waals surface area contributed by atoms with Crippen LogP contribution in [0.1, 0.15) is 38.5 Å². The summed E-state index contributed by atoms with van der Waals surface area (Å²) < 4.78 is 0. The van der Waals surface area contributed by atoms with Crippen LogP contribution in [0.2, 0.25) is 0 Å². The Morgan fingerprint density at radius 2 is 1.85 bits per heavy atom. The van der Waals surface area contributed by atoms with Crippen molar-refractivity contribution in [3.8, 4) is 0 Å². The van der Waals surface area contributed by atoms with E-state index in [1.54, 1.807) is 4.90 Å². The van der Waals surface area contributed by atoms with E-state index in [1.165, 1.54) is 25.7 Å². The molecule has 4 nitrogen and oxygen atoms in total. The number of urea groups is 1. The highest BCUT2D eigenvalue weighted by molar-refractivity contribution is 5.73. The van der Waals surface area contributed by atoms with Gasteiger partial charge in [0, 0.05) is 13.1 Å². The molecule has 4 heteroatoms. The predicted molar refractivity (Wildman–Crippen MR) is 52.0 cm³/mol. The molecule has 0 unspecified atom stereocenters. The van der Waals surface area contributed by atoms with Gasteiger partial charge in [-0.15, -0.1) is 0 Å². The molecule has 0 aromatic rings. The van der Waals surface area contributed by atoms with Crippen LogP contribution in [0.5, 0.6) is 0 Å². The summed E-state index contributed by atoms with van der Waals surface area (Å²) in [5.41, 5.74) is 2.17. The minimum atomic E-state index is -0.174. The zero-order chi connectivity index (χ0) is 9.68. The molecule has 0 bridgehead atoms. The minimum Gasteiger partial charge on any atom is -0.324 e. The lowest BCUT2D eigenvalue weighted by atomic mass is 10.1. The number of hydrazine groups is 1. The van der Waals surface area contributed by atoms with Crippen LogP contribution in [0, 0.1) is 0 Å². The van der Waals surface area contributed by atoms with Crippen molar-refractivity contribution in [1.82, 2.24) is 10.3 Å². The van der Waals surface area contributed by atoms with Crippen molar-refractivity contribution < 1.29 is 4.79 Å². The van der Waals surface area contributed by atoms with Crippen molar-refractivity contribution in [3.05, 3.63) is 0 Å². The molecule has 1 aliphatic carbocycles. The third-order valence-corrected chi connectivity index (χ3v) is 2.82. The molecule has 13 heavy (non-hydrogen) atoms. The van der Waals surface area contributed by atoms with E-state index in [0.717, 1.165) is 12.8 Å². The standard InChI is InChI=1S/C9H19N3O/c1-12(9(13)11-10)8-6-4-2-3-5-7-8/h8H,2-7,10H2,1H3,(H,11,13). The highest BCUT2D eigenvalue weighted by atomic mass is 16.2. The number of nitrogens with zero attached hydrogens (tertiary/aromatic N) is 1. The first-order valence-corrected chi connectivity index (χ1v) is 4.99. The zero-order valence-electron chi connectivity index (χ0n) is 8.25. The topological polar surface area (TPSA) is 58.4 Å². The first-order chi connectivity index (χ1) is 6.25. The Hall–Kier alpha value is -0.770. The van der Waals surface area contributed by atoms with Gasteiger partial charge >= 0.3 is 6.03 Å². The monoisotopic (exact) mass is 185 g/mol. The Labute approximate surface area is 79.4 Å². The maximum atomic E-state index is 11.2. The highest BCUT2D eigenvalue weighted by Gasteiger charge is 2.19. The number of nitrogens with one attached hydrogen (secondary N) is 1. The molecule has 2 amide bonds. The van der Waals surface area contributed by atoms with Gasteiger partial charge < -0.3 is 4.90 Å². The number of carbonyl (C=O) groups excluding carboxylic acids is 1. The molecule has 0 aromatic carbocycles. The average Bonchev–Trinajstić information content (AvgIpc) is 2.43. The van der Waals surface area contributed by atoms with Gasteiger partial charge in [-0.25, -0.2) is 10.6 Å². The zero-order valence-corrected chi connectivity index (χ0v) is 8.25. The molecule has 1 fully saturated rings. The van der Waals surface area contributed by atoms with Crippen LogP contribution >= 0.6 is 0 Å². The molecule has 0 atom stereocenters. The average molecular weight is 185 g/mol. The number of nitrogens with two attached hydrogens (primary N) is 1. The predicted octanol–water partition coefficient (Wildman–Crippen LogP) is 1.22. The summed E-state index contributed by atoms with van der Waals surface area (Å²) in [5, 5.41) is 0. The van der Waals surface area contributed by atoms with Crippen LogP contribution in [0.15, 0.2) is 0 Å². The summed E-state index contributed by atoms with van der Waals surface area (Å²) in [6.07, 6.45) is 7.29. The van der Waals surface area contributed by atoms with Crippen molar-refractivity contribution >= 4 is 6.03 Å². The van der Waals surface area contributed by atoms with E-state index < -0.39 is 0 Å². The van der Waals surface area contributed by atoms with Crippen molar-refractivity contribution in [2.24, 2.45) is 5.84 Å². The molecule has 0 heterocycles. The number of rotatable bonds is 1. The molecule has 0 spiro atoms. The van der Waals surface area contributed by atoms with Crippen LogP contribution in [-0.2, 0) is 0 Å². The van der Waals surface area contributed by atoms with Gasteiger partial charge in [0.05, 0.1) is 0 Å². The van der Waals surface area contributed by atoms with E-state index in [2.05, 4.69) is 5.43 Å². The van der Waals surface area contributed by atoms with Crippen molar-refractivity contribution in [1.29, 1.82) is 0 Å². The van der Waals surface area contributed by atoms with Gasteiger partial charge in [0.15, 0.2) is 0 Å². The summed E-state index contributed by atoms with van der Waals surface area (Å²) in [7, 11) is 1.82. The molecule has 1 aliphatic rings. The van der Waals surface area contributed by atoms with Crippen LogP contribution < -0.4 is 11.3 Å². The molecule has 1 saturated carbocycles. The fourth-order valence-corrected chi connectivity index (χ4v) is 1.91. The van der Waals surface area contributed by atoms with Crippen LogP contribution in [0.3, 0.4) is 0 Å². The third-order valence-electron chi connectivity index (χ3n) is 2.82. The van der Waals surface area contributed by atoms with Crippen LogP contribution in [-0.4, -0.2) is 24.0 Å². The first kappa shape index (κ1) is 10.3. The van der Waals surface area contributed by atoms with E-state index in [0.29, 0.717) is 6.04 Å². The molecule has 0 radical (unpaired) electrons. The lowest BCUT2D eigenvalue weighted by Crippen LogP contribution is -2.46. The fourth-order valence-electron chi connectivity index (χ4n) is 1.91. The Morgan fingerprint density at radius 3 is 2.31 bits per heavy atom. The van der Waals surface area contributed by atoms with Crippen molar-refractivity contribution in [3.63, 3.8) is 0 Å². The second kappa shape index (κ2) is 5.07. The maximum absolute atomic E-state index is 11.2. The maximum Gasteiger partial charge on any atom is 0.331 e. The summed E-state index contributed by atoms with van der Waals surface area (Å²) in [6, 6.07) is 0.206. The first-order valence-electron chi connectivity index (χ1n) is 4.99.